The molecule has 1 fully saturated rings. The van der Waals surface area contributed by atoms with E-state index in [4.69, 9.17) is 0 Å². The molecule has 4 heteroatoms. The zero-order valence-electron chi connectivity index (χ0n) is 12.2. The molecule has 0 aliphatic carbocycles. The van der Waals surface area contributed by atoms with Gasteiger partial charge in [0.15, 0.2) is 0 Å². The summed E-state index contributed by atoms with van der Waals surface area (Å²) in [5.74, 6) is 0.380. The maximum absolute atomic E-state index is 12.1. The van der Waals surface area contributed by atoms with E-state index in [2.05, 4.69) is 12.2 Å². The highest BCUT2D eigenvalue weighted by atomic mass is 16.2. The van der Waals surface area contributed by atoms with Crippen molar-refractivity contribution in [1.82, 2.24) is 4.90 Å². The quantitative estimate of drug-likeness (QED) is 0.861. The Kier molecular flexibility index (Phi) is 4.77. The number of likely N-dealkylation sites (tertiary alicyclic amines) is 1. The van der Waals surface area contributed by atoms with E-state index < -0.39 is 0 Å². The minimum atomic E-state index is -0.233. The van der Waals surface area contributed by atoms with Crippen molar-refractivity contribution in [2.45, 2.75) is 33.1 Å². The molecular weight excluding hydrogens is 252 g/mol. The van der Waals surface area contributed by atoms with Crippen LogP contribution in [0.1, 0.15) is 31.7 Å². The molecule has 1 N–H and O–H groups in total. The molecular formula is C16H22N2O2. The number of para-hydroxylation sites is 1. The third-order valence-electron chi connectivity index (χ3n) is 3.87. The monoisotopic (exact) mass is 274 g/mol. The highest BCUT2D eigenvalue weighted by Crippen LogP contribution is 2.17. The topological polar surface area (TPSA) is 49.4 Å². The number of nitrogens with zero attached hydrogens (tertiary/aromatic N) is 1. The van der Waals surface area contributed by atoms with Crippen LogP contribution in [0.25, 0.3) is 0 Å². The molecule has 108 valence electrons. The number of carbonyl (C=O) groups is 2. The third kappa shape index (κ3) is 3.83. The summed E-state index contributed by atoms with van der Waals surface area (Å²) >= 11 is 0. The van der Waals surface area contributed by atoms with E-state index >= 15 is 0 Å². The SMILES string of the molecule is Cc1ccccc1NC(=O)CC(=O)N1CCC(C)CC1. The Labute approximate surface area is 120 Å². The van der Waals surface area contributed by atoms with Crippen LogP contribution in [-0.2, 0) is 9.59 Å². The number of aryl methyl sites for hydroxylation is 1. The number of benzene rings is 1. The van der Waals surface area contributed by atoms with Crippen LogP contribution in [0, 0.1) is 12.8 Å². The van der Waals surface area contributed by atoms with E-state index in [-0.39, 0.29) is 18.2 Å². The summed E-state index contributed by atoms with van der Waals surface area (Å²) in [5, 5.41) is 2.80. The molecule has 1 saturated heterocycles. The second-order valence-electron chi connectivity index (χ2n) is 5.60. The van der Waals surface area contributed by atoms with Gasteiger partial charge in [0.1, 0.15) is 6.42 Å². The molecule has 0 spiro atoms. The van der Waals surface area contributed by atoms with Crippen molar-refractivity contribution in [2.24, 2.45) is 5.92 Å². The van der Waals surface area contributed by atoms with E-state index in [9.17, 15) is 9.59 Å². The van der Waals surface area contributed by atoms with Crippen molar-refractivity contribution < 1.29 is 9.59 Å². The Morgan fingerprint density at radius 3 is 2.55 bits per heavy atom. The van der Waals surface area contributed by atoms with Crippen LogP contribution >= 0.6 is 0 Å². The lowest BCUT2D eigenvalue weighted by Crippen LogP contribution is -2.39. The van der Waals surface area contributed by atoms with Gasteiger partial charge in [-0.05, 0) is 37.3 Å². The van der Waals surface area contributed by atoms with Gasteiger partial charge in [0.05, 0.1) is 0 Å². The minimum absolute atomic E-state index is 0.0667. The first-order valence-corrected chi connectivity index (χ1v) is 7.19. The fourth-order valence-corrected chi connectivity index (χ4v) is 2.41. The molecule has 1 aromatic carbocycles. The van der Waals surface area contributed by atoms with Crippen molar-refractivity contribution >= 4 is 17.5 Å². The maximum Gasteiger partial charge on any atom is 0.233 e. The van der Waals surface area contributed by atoms with Crippen molar-refractivity contribution in [2.75, 3.05) is 18.4 Å². The molecule has 0 atom stereocenters. The summed E-state index contributed by atoms with van der Waals surface area (Å²) in [6.07, 6.45) is 2.00. The van der Waals surface area contributed by atoms with Crippen LogP contribution in [0.3, 0.4) is 0 Å². The largest absolute Gasteiger partial charge is 0.342 e. The molecule has 0 aromatic heterocycles. The summed E-state index contributed by atoms with van der Waals surface area (Å²) in [5.41, 5.74) is 1.78. The molecule has 1 heterocycles. The van der Waals surface area contributed by atoms with Crippen LogP contribution in [0.2, 0.25) is 0 Å². The molecule has 0 radical (unpaired) electrons. The molecule has 0 bridgehead atoms. The first-order chi connectivity index (χ1) is 9.56. The Hall–Kier alpha value is -1.84. The van der Waals surface area contributed by atoms with Gasteiger partial charge in [-0.3, -0.25) is 9.59 Å². The van der Waals surface area contributed by atoms with E-state index in [0.717, 1.165) is 37.2 Å². The first kappa shape index (κ1) is 14.6. The zero-order chi connectivity index (χ0) is 14.5. The third-order valence-corrected chi connectivity index (χ3v) is 3.87. The normalized spacial score (nSPS) is 16.0. The predicted molar refractivity (Wildman–Crippen MR) is 79.4 cm³/mol. The zero-order valence-corrected chi connectivity index (χ0v) is 12.2. The molecule has 1 aliphatic rings. The van der Waals surface area contributed by atoms with E-state index in [1.165, 1.54) is 0 Å². The summed E-state index contributed by atoms with van der Waals surface area (Å²) in [7, 11) is 0. The van der Waals surface area contributed by atoms with Gasteiger partial charge in [-0.15, -0.1) is 0 Å². The van der Waals surface area contributed by atoms with Crippen LogP contribution in [0.4, 0.5) is 5.69 Å². The molecule has 0 unspecified atom stereocenters. The van der Waals surface area contributed by atoms with Gasteiger partial charge >= 0.3 is 0 Å². The van der Waals surface area contributed by atoms with E-state index in [1.54, 1.807) is 4.90 Å². The van der Waals surface area contributed by atoms with Crippen LogP contribution in [0.5, 0.6) is 0 Å². The molecule has 2 rings (SSSR count). The number of amides is 2. The number of nitrogens with one attached hydrogen (secondary N) is 1. The van der Waals surface area contributed by atoms with Gasteiger partial charge in [-0.2, -0.15) is 0 Å². The molecule has 1 aliphatic heterocycles. The second kappa shape index (κ2) is 6.55. The predicted octanol–water partition coefficient (Wildman–Crippen LogP) is 2.58. The lowest BCUT2D eigenvalue weighted by atomic mass is 9.99. The number of hydrogen-bond acceptors (Lipinski definition) is 2. The molecule has 0 saturated carbocycles. The van der Waals surface area contributed by atoms with Crippen molar-refractivity contribution in [3.63, 3.8) is 0 Å². The van der Waals surface area contributed by atoms with Gasteiger partial charge in [0.2, 0.25) is 11.8 Å². The molecule has 4 nitrogen and oxygen atoms in total. The highest BCUT2D eigenvalue weighted by molar-refractivity contribution is 6.03. The molecule has 20 heavy (non-hydrogen) atoms. The fourth-order valence-electron chi connectivity index (χ4n) is 2.41. The Morgan fingerprint density at radius 2 is 1.90 bits per heavy atom. The minimum Gasteiger partial charge on any atom is -0.342 e. The molecule has 1 aromatic rings. The Balaban J connectivity index is 1.85. The van der Waals surface area contributed by atoms with Gasteiger partial charge in [-0.1, -0.05) is 25.1 Å². The smallest absolute Gasteiger partial charge is 0.233 e. The van der Waals surface area contributed by atoms with Crippen LogP contribution < -0.4 is 5.32 Å². The van der Waals surface area contributed by atoms with Crippen LogP contribution in [0.15, 0.2) is 24.3 Å². The summed E-state index contributed by atoms with van der Waals surface area (Å²) in [6, 6.07) is 7.57. The van der Waals surface area contributed by atoms with Gasteiger partial charge < -0.3 is 10.2 Å². The lowest BCUT2D eigenvalue weighted by molar-refractivity contribution is -0.135. The average molecular weight is 274 g/mol. The van der Waals surface area contributed by atoms with Crippen molar-refractivity contribution in [3.05, 3.63) is 29.8 Å². The van der Waals surface area contributed by atoms with Crippen molar-refractivity contribution in [1.29, 1.82) is 0 Å². The average Bonchev–Trinajstić information content (AvgIpc) is 2.42. The maximum atomic E-state index is 12.1. The summed E-state index contributed by atoms with van der Waals surface area (Å²) in [6.45, 7) is 5.69. The number of rotatable bonds is 3. The molecule has 2 amide bonds. The van der Waals surface area contributed by atoms with Gasteiger partial charge in [0.25, 0.3) is 0 Å². The fraction of sp³-hybridized carbons (Fsp3) is 0.500. The number of piperidine rings is 1. The van der Waals surface area contributed by atoms with Gasteiger partial charge in [0, 0.05) is 18.8 Å². The van der Waals surface area contributed by atoms with Crippen molar-refractivity contribution in [3.8, 4) is 0 Å². The Bertz CT molecular complexity index is 491. The summed E-state index contributed by atoms with van der Waals surface area (Å²) < 4.78 is 0. The van der Waals surface area contributed by atoms with E-state index in [1.807, 2.05) is 31.2 Å². The number of hydrogen-bond donors (Lipinski definition) is 1. The first-order valence-electron chi connectivity index (χ1n) is 7.19. The number of anilines is 1. The summed E-state index contributed by atoms with van der Waals surface area (Å²) in [4.78, 5) is 25.8. The Morgan fingerprint density at radius 1 is 1.25 bits per heavy atom. The van der Waals surface area contributed by atoms with E-state index in [0.29, 0.717) is 5.92 Å². The van der Waals surface area contributed by atoms with Gasteiger partial charge in [-0.25, -0.2) is 0 Å². The number of carbonyl (C=O) groups excluding carboxylic acids is 2. The highest BCUT2D eigenvalue weighted by Gasteiger charge is 2.22. The lowest BCUT2D eigenvalue weighted by Gasteiger charge is -2.30. The van der Waals surface area contributed by atoms with Crippen LogP contribution in [-0.4, -0.2) is 29.8 Å². The second-order valence-corrected chi connectivity index (χ2v) is 5.60. The standard InChI is InChI=1S/C16H22N2O2/c1-12-7-9-18(10-8-12)16(20)11-15(19)17-14-6-4-3-5-13(14)2/h3-6,12H,7-11H2,1-2H3,(H,17,19).